The van der Waals surface area contributed by atoms with Gasteiger partial charge in [0.1, 0.15) is 5.60 Å². The van der Waals surface area contributed by atoms with E-state index in [-0.39, 0.29) is 42.9 Å². The molecule has 2 aliphatic heterocycles. The summed E-state index contributed by atoms with van der Waals surface area (Å²) in [5, 5.41) is 0. The molecule has 3 fully saturated rings. The van der Waals surface area contributed by atoms with Crippen LogP contribution in [-0.4, -0.2) is 58.1 Å². The molecule has 5 rings (SSSR count). The highest BCUT2D eigenvalue weighted by atomic mass is 35.5. The lowest BCUT2D eigenvalue weighted by Crippen LogP contribution is -2.62. The van der Waals surface area contributed by atoms with Crippen molar-refractivity contribution < 1.29 is 22.7 Å². The highest BCUT2D eigenvalue weighted by Crippen LogP contribution is 2.50. The van der Waals surface area contributed by atoms with E-state index in [0.717, 1.165) is 51.2 Å². The Hall–Kier alpha value is -1.87. The fourth-order valence-corrected chi connectivity index (χ4v) is 5.01. The van der Waals surface area contributed by atoms with Gasteiger partial charge in [0, 0.05) is 25.8 Å². The first-order valence-corrected chi connectivity index (χ1v) is 11.6. The molecule has 0 N–H and O–H groups in total. The van der Waals surface area contributed by atoms with Crippen LogP contribution in [0.1, 0.15) is 42.5 Å². The van der Waals surface area contributed by atoms with Gasteiger partial charge >= 0.3 is 6.18 Å². The van der Waals surface area contributed by atoms with Gasteiger partial charge in [0.25, 0.3) is 5.91 Å². The van der Waals surface area contributed by atoms with Crippen LogP contribution in [0.25, 0.3) is 0 Å². The van der Waals surface area contributed by atoms with Crippen molar-refractivity contribution >= 4 is 30.7 Å². The number of alkyl halides is 3. The number of carbonyl (C=O) groups excluding carboxylic acids is 1. The molecule has 2 aromatic rings. The third-order valence-corrected chi connectivity index (χ3v) is 7.10. The third-order valence-electron chi connectivity index (χ3n) is 7.10. The number of hydrogen-bond acceptors (Lipinski definition) is 4. The van der Waals surface area contributed by atoms with Gasteiger partial charge in [-0.3, -0.25) is 9.78 Å². The highest BCUT2D eigenvalue weighted by Gasteiger charge is 2.61. The quantitative estimate of drug-likeness (QED) is 0.549. The largest absolute Gasteiger partial charge is 0.417 e. The molecule has 3 heterocycles. The normalized spacial score (nSPS) is 20.9. The first-order valence-electron chi connectivity index (χ1n) is 11.6. The smallest absolute Gasteiger partial charge is 0.357 e. The number of piperidine rings is 1. The number of halogens is 5. The van der Waals surface area contributed by atoms with Gasteiger partial charge in [0.2, 0.25) is 0 Å². The molecule has 10 heteroatoms. The molecule has 1 saturated carbocycles. The minimum atomic E-state index is -4.42. The number of aromatic nitrogens is 1. The van der Waals surface area contributed by atoms with Crippen molar-refractivity contribution in [1.29, 1.82) is 0 Å². The molecule has 2 spiro atoms. The van der Waals surface area contributed by atoms with Gasteiger partial charge in [-0.1, -0.05) is 30.3 Å². The molecule has 0 radical (unpaired) electrons. The van der Waals surface area contributed by atoms with Crippen LogP contribution in [0.4, 0.5) is 13.2 Å². The summed E-state index contributed by atoms with van der Waals surface area (Å²) >= 11 is 0. The minimum absolute atomic E-state index is 0. The van der Waals surface area contributed by atoms with E-state index in [1.54, 1.807) is 4.90 Å². The van der Waals surface area contributed by atoms with Gasteiger partial charge in [0.05, 0.1) is 29.9 Å². The van der Waals surface area contributed by atoms with Crippen LogP contribution >= 0.6 is 24.8 Å². The van der Waals surface area contributed by atoms with Crippen molar-refractivity contribution in [2.45, 2.75) is 56.0 Å². The molecular formula is C25H30Cl2F3N3O2. The summed E-state index contributed by atoms with van der Waals surface area (Å²) in [6.45, 7) is 3.47. The maximum Gasteiger partial charge on any atom is 0.417 e. The van der Waals surface area contributed by atoms with Crippen LogP contribution in [0, 0.1) is 0 Å². The van der Waals surface area contributed by atoms with Crippen LogP contribution in [0.5, 0.6) is 0 Å². The number of rotatable bonds is 5. The van der Waals surface area contributed by atoms with Crippen LogP contribution in [0.2, 0.25) is 0 Å². The Morgan fingerprint density at radius 1 is 0.971 bits per heavy atom. The molecule has 1 aromatic heterocycles. The van der Waals surface area contributed by atoms with Crippen LogP contribution in [0.3, 0.4) is 0 Å². The molecule has 1 aromatic carbocycles. The van der Waals surface area contributed by atoms with E-state index in [1.165, 1.54) is 11.6 Å². The number of carbonyl (C=O) groups is 1. The first-order chi connectivity index (χ1) is 15.8. The monoisotopic (exact) mass is 531 g/mol. The Morgan fingerprint density at radius 3 is 2.23 bits per heavy atom. The van der Waals surface area contributed by atoms with Gasteiger partial charge < -0.3 is 14.5 Å². The molecule has 35 heavy (non-hydrogen) atoms. The maximum atomic E-state index is 13.1. The first kappa shape index (κ1) is 27.7. The zero-order valence-corrected chi connectivity index (χ0v) is 20.9. The summed E-state index contributed by atoms with van der Waals surface area (Å²) in [6, 6.07) is 12.8. The molecule has 3 aliphatic rings. The number of likely N-dealkylation sites (tertiary alicyclic amines) is 1. The van der Waals surface area contributed by atoms with E-state index < -0.39 is 17.3 Å². The maximum absolute atomic E-state index is 13.1. The molecule has 1 aliphatic carbocycles. The van der Waals surface area contributed by atoms with Crippen molar-refractivity contribution in [1.82, 2.24) is 14.8 Å². The Balaban J connectivity index is 0.00000171. The fourth-order valence-electron chi connectivity index (χ4n) is 5.01. The summed E-state index contributed by atoms with van der Waals surface area (Å²) in [5.74, 6) is -0.0543. The van der Waals surface area contributed by atoms with Crippen molar-refractivity contribution in [3.8, 4) is 0 Å². The molecule has 0 atom stereocenters. The summed E-state index contributed by atoms with van der Waals surface area (Å²) < 4.78 is 45.0. The zero-order valence-electron chi connectivity index (χ0n) is 19.3. The molecule has 0 unspecified atom stereocenters. The van der Waals surface area contributed by atoms with E-state index in [2.05, 4.69) is 34.1 Å². The lowest BCUT2D eigenvalue weighted by atomic mass is 9.87. The predicted molar refractivity (Wildman–Crippen MR) is 131 cm³/mol. The number of morpholine rings is 1. The van der Waals surface area contributed by atoms with E-state index in [9.17, 15) is 18.0 Å². The van der Waals surface area contributed by atoms with E-state index in [4.69, 9.17) is 4.74 Å². The Morgan fingerprint density at radius 2 is 1.66 bits per heavy atom. The summed E-state index contributed by atoms with van der Waals surface area (Å²) in [6.07, 6.45) is 0.528. The molecule has 2 saturated heterocycles. The molecule has 0 bridgehead atoms. The average Bonchev–Trinajstić information content (AvgIpc) is 3.57. The minimum Gasteiger partial charge on any atom is -0.357 e. The van der Waals surface area contributed by atoms with Crippen molar-refractivity contribution in [3.63, 3.8) is 0 Å². The Labute approximate surface area is 215 Å². The SMILES string of the molecule is Cl.Cl.O=C1N(Cc2ccc(C(F)(F)F)cn2)CC2(CCN(CCc3ccccc3)CC2)OC12CC2. The Kier molecular flexibility index (Phi) is 8.41. The lowest BCUT2D eigenvalue weighted by Gasteiger charge is -2.50. The molecule has 5 nitrogen and oxygen atoms in total. The molecule has 1 amide bonds. The fraction of sp³-hybridized carbons (Fsp3) is 0.520. The lowest BCUT2D eigenvalue weighted by molar-refractivity contribution is -0.201. The van der Waals surface area contributed by atoms with Gasteiger partial charge in [-0.2, -0.15) is 13.2 Å². The van der Waals surface area contributed by atoms with Crippen molar-refractivity contribution in [2.75, 3.05) is 26.2 Å². The zero-order chi connectivity index (χ0) is 23.1. The second-order valence-electron chi connectivity index (χ2n) is 9.55. The Bertz CT molecular complexity index is 993. The third kappa shape index (κ3) is 6.10. The summed E-state index contributed by atoms with van der Waals surface area (Å²) in [7, 11) is 0. The standard InChI is InChI=1S/C25H28F3N3O2.2ClH/c26-25(27,28)20-6-7-21(29-16-20)17-31-18-23(33-24(9-10-24)22(31)32)11-14-30(15-12-23)13-8-19-4-2-1-3-5-19;;/h1-7,16H,8-15,17-18H2;2*1H. The van der Waals surface area contributed by atoms with Crippen molar-refractivity contribution in [3.05, 3.63) is 65.5 Å². The number of nitrogens with zero attached hydrogens (tertiary/aromatic N) is 3. The predicted octanol–water partition coefficient (Wildman–Crippen LogP) is 4.91. The second kappa shape index (κ2) is 10.6. The second-order valence-corrected chi connectivity index (χ2v) is 9.55. The van der Waals surface area contributed by atoms with E-state index in [0.29, 0.717) is 25.1 Å². The van der Waals surface area contributed by atoms with Crippen LogP contribution in [0.15, 0.2) is 48.7 Å². The number of hydrogen-bond donors (Lipinski definition) is 0. The van der Waals surface area contributed by atoms with Gasteiger partial charge in [-0.05, 0) is 49.8 Å². The van der Waals surface area contributed by atoms with Gasteiger partial charge in [0.15, 0.2) is 0 Å². The van der Waals surface area contributed by atoms with Crippen molar-refractivity contribution in [2.24, 2.45) is 0 Å². The van der Waals surface area contributed by atoms with E-state index in [1.807, 2.05) is 6.07 Å². The number of amides is 1. The van der Waals surface area contributed by atoms with Crippen LogP contribution < -0.4 is 0 Å². The topological polar surface area (TPSA) is 45.7 Å². The van der Waals surface area contributed by atoms with Gasteiger partial charge in [-0.15, -0.1) is 24.8 Å². The number of pyridine rings is 1. The van der Waals surface area contributed by atoms with Gasteiger partial charge in [-0.25, -0.2) is 0 Å². The number of ether oxygens (including phenoxy) is 1. The molecule has 192 valence electrons. The average molecular weight is 532 g/mol. The van der Waals surface area contributed by atoms with Crippen LogP contribution in [-0.2, 0) is 28.7 Å². The number of benzene rings is 1. The van der Waals surface area contributed by atoms with E-state index >= 15 is 0 Å². The summed E-state index contributed by atoms with van der Waals surface area (Å²) in [5.41, 5.74) is -0.123. The highest BCUT2D eigenvalue weighted by molar-refractivity contribution is 5.89. The molecular weight excluding hydrogens is 502 g/mol. The summed E-state index contributed by atoms with van der Waals surface area (Å²) in [4.78, 5) is 21.2.